The van der Waals surface area contributed by atoms with Gasteiger partial charge in [-0.1, -0.05) is 0 Å². The highest BCUT2D eigenvalue weighted by molar-refractivity contribution is 5.86. The van der Waals surface area contributed by atoms with Crippen molar-refractivity contribution in [3.05, 3.63) is 17.5 Å². The molecule has 1 aromatic heterocycles. The Morgan fingerprint density at radius 2 is 1.93 bits per heavy atom. The van der Waals surface area contributed by atoms with Crippen molar-refractivity contribution in [1.82, 2.24) is 20.2 Å². The van der Waals surface area contributed by atoms with Crippen molar-refractivity contribution < 1.29 is 9.53 Å². The lowest BCUT2D eigenvalue weighted by atomic mass is 9.76. The number of carbonyl (C=O) groups excluding carboxylic acids is 1. The fourth-order valence-electron chi connectivity index (χ4n) is 5.07. The second-order valence-electron chi connectivity index (χ2n) is 8.50. The van der Waals surface area contributed by atoms with Gasteiger partial charge in [-0.3, -0.25) is 4.79 Å². The summed E-state index contributed by atoms with van der Waals surface area (Å²) in [5.74, 6) is 0.922. The topological polar surface area (TPSA) is 70.6 Å². The number of halogens is 2. The minimum atomic E-state index is -0.661. The minimum absolute atomic E-state index is 0. The number of fused-ring (bicyclic) bond motifs is 2. The van der Waals surface area contributed by atoms with E-state index in [2.05, 4.69) is 15.2 Å². The van der Waals surface area contributed by atoms with E-state index in [0.717, 1.165) is 76.3 Å². The summed E-state index contributed by atoms with van der Waals surface area (Å²) in [5, 5.41) is 3.34. The first-order chi connectivity index (χ1) is 13.0. The van der Waals surface area contributed by atoms with Crippen LogP contribution in [0.2, 0.25) is 0 Å². The number of carbonyl (C=O) groups is 1. The molecular formula is C20H33Cl2N5O2. The van der Waals surface area contributed by atoms with Gasteiger partial charge in [-0.25, -0.2) is 9.97 Å². The monoisotopic (exact) mass is 445 g/mol. The maximum atomic E-state index is 13.5. The third kappa shape index (κ3) is 4.20. The molecule has 0 saturated carbocycles. The van der Waals surface area contributed by atoms with Crippen molar-refractivity contribution in [1.29, 1.82) is 0 Å². The molecule has 9 heteroatoms. The van der Waals surface area contributed by atoms with Gasteiger partial charge in [0.05, 0.1) is 5.69 Å². The molecule has 2 aliphatic heterocycles. The van der Waals surface area contributed by atoms with Crippen LogP contribution in [-0.2, 0) is 21.4 Å². The molecule has 1 unspecified atom stereocenters. The molecule has 3 aliphatic rings. The molecule has 0 bridgehead atoms. The summed E-state index contributed by atoms with van der Waals surface area (Å²) in [7, 11) is 5.63. The third-order valence-electron chi connectivity index (χ3n) is 6.68. The SMILES string of the molecule is COC1(C(=O)N2CCCC3(CCc4cnc(N(C)C)nc43)C2)CCNCC1.Cl.Cl. The van der Waals surface area contributed by atoms with Crippen molar-refractivity contribution in [2.75, 3.05) is 52.3 Å². The Labute approximate surface area is 185 Å². The van der Waals surface area contributed by atoms with Crippen molar-refractivity contribution in [3.8, 4) is 0 Å². The van der Waals surface area contributed by atoms with E-state index in [1.54, 1.807) is 7.11 Å². The molecule has 0 radical (unpaired) electrons. The van der Waals surface area contributed by atoms with Crippen LogP contribution >= 0.6 is 24.8 Å². The molecule has 4 rings (SSSR count). The van der Waals surface area contributed by atoms with Gasteiger partial charge in [0.2, 0.25) is 5.95 Å². The summed E-state index contributed by atoms with van der Waals surface area (Å²) in [6, 6.07) is 0. The van der Waals surface area contributed by atoms with Crippen molar-refractivity contribution in [2.24, 2.45) is 0 Å². The van der Waals surface area contributed by atoms with Crippen LogP contribution in [0, 0.1) is 0 Å². The van der Waals surface area contributed by atoms with Gasteiger partial charge in [0.1, 0.15) is 5.60 Å². The summed E-state index contributed by atoms with van der Waals surface area (Å²) in [4.78, 5) is 26.9. The number of amides is 1. The van der Waals surface area contributed by atoms with Crippen molar-refractivity contribution >= 4 is 36.7 Å². The van der Waals surface area contributed by atoms with Crippen LogP contribution in [0.3, 0.4) is 0 Å². The average Bonchev–Trinajstić information content (AvgIpc) is 3.05. The molecule has 2 fully saturated rings. The number of ether oxygens (including phenoxy) is 1. The number of hydrogen-bond donors (Lipinski definition) is 1. The van der Waals surface area contributed by atoms with Gasteiger partial charge >= 0.3 is 0 Å². The first-order valence-corrected chi connectivity index (χ1v) is 10.1. The van der Waals surface area contributed by atoms with Gasteiger partial charge in [0.25, 0.3) is 5.91 Å². The number of rotatable bonds is 3. The predicted molar refractivity (Wildman–Crippen MR) is 119 cm³/mol. The van der Waals surface area contributed by atoms with Gasteiger partial charge in [-0.15, -0.1) is 24.8 Å². The Morgan fingerprint density at radius 1 is 1.21 bits per heavy atom. The zero-order chi connectivity index (χ0) is 19.1. The normalized spacial score (nSPS) is 25.0. The smallest absolute Gasteiger partial charge is 0.254 e. The second kappa shape index (κ2) is 9.33. The molecule has 1 atom stereocenters. The fourth-order valence-corrected chi connectivity index (χ4v) is 5.07. The summed E-state index contributed by atoms with van der Waals surface area (Å²) >= 11 is 0. The Bertz CT molecular complexity index is 723. The van der Waals surface area contributed by atoms with Gasteiger partial charge in [0.15, 0.2) is 0 Å². The number of hydrogen-bond acceptors (Lipinski definition) is 6. The molecule has 1 N–H and O–H groups in total. The van der Waals surface area contributed by atoms with E-state index in [4.69, 9.17) is 9.72 Å². The Hall–Kier alpha value is -1.15. The molecule has 1 amide bonds. The van der Waals surface area contributed by atoms with Crippen LogP contribution in [0.4, 0.5) is 5.95 Å². The van der Waals surface area contributed by atoms with Crippen LogP contribution < -0.4 is 10.2 Å². The zero-order valence-electron chi connectivity index (χ0n) is 17.6. The van der Waals surface area contributed by atoms with Crippen LogP contribution in [0.15, 0.2) is 6.20 Å². The largest absolute Gasteiger partial charge is 0.368 e. The zero-order valence-corrected chi connectivity index (χ0v) is 19.2. The summed E-state index contributed by atoms with van der Waals surface area (Å²) in [6.45, 7) is 3.24. The average molecular weight is 446 g/mol. The molecule has 1 spiro atoms. The predicted octanol–water partition coefficient (Wildman–Crippen LogP) is 1.96. The molecule has 1 aromatic rings. The lowest BCUT2D eigenvalue weighted by Crippen LogP contribution is -2.59. The van der Waals surface area contributed by atoms with Gasteiger partial charge < -0.3 is 19.9 Å². The summed E-state index contributed by atoms with van der Waals surface area (Å²) < 4.78 is 5.80. The first kappa shape index (κ1) is 24.1. The fraction of sp³-hybridized carbons (Fsp3) is 0.750. The Kier molecular flexibility index (Phi) is 7.76. The molecule has 7 nitrogen and oxygen atoms in total. The summed E-state index contributed by atoms with van der Waals surface area (Å²) in [6.07, 6.45) is 7.64. The van der Waals surface area contributed by atoms with E-state index in [0.29, 0.717) is 0 Å². The first-order valence-electron chi connectivity index (χ1n) is 10.1. The van der Waals surface area contributed by atoms with E-state index in [1.165, 1.54) is 5.56 Å². The van der Waals surface area contributed by atoms with Gasteiger partial charge in [0, 0.05) is 45.9 Å². The molecule has 2 saturated heterocycles. The van der Waals surface area contributed by atoms with E-state index in [9.17, 15) is 4.79 Å². The van der Waals surface area contributed by atoms with E-state index in [-0.39, 0.29) is 36.1 Å². The van der Waals surface area contributed by atoms with Crippen LogP contribution in [0.25, 0.3) is 0 Å². The molecule has 3 heterocycles. The lowest BCUT2D eigenvalue weighted by Gasteiger charge is -2.45. The van der Waals surface area contributed by atoms with E-state index >= 15 is 0 Å². The number of nitrogens with zero attached hydrogens (tertiary/aromatic N) is 4. The molecule has 29 heavy (non-hydrogen) atoms. The second-order valence-corrected chi connectivity index (χ2v) is 8.50. The van der Waals surface area contributed by atoms with Crippen molar-refractivity contribution in [2.45, 2.75) is 49.5 Å². The molecular weight excluding hydrogens is 413 g/mol. The highest BCUT2D eigenvalue weighted by Crippen LogP contribution is 2.45. The maximum Gasteiger partial charge on any atom is 0.254 e. The minimum Gasteiger partial charge on any atom is -0.368 e. The number of anilines is 1. The van der Waals surface area contributed by atoms with E-state index in [1.807, 2.05) is 25.2 Å². The van der Waals surface area contributed by atoms with Gasteiger partial charge in [-0.2, -0.15) is 0 Å². The molecule has 1 aliphatic carbocycles. The summed E-state index contributed by atoms with van der Waals surface area (Å²) in [5.41, 5.74) is 1.72. The Morgan fingerprint density at radius 3 is 2.59 bits per heavy atom. The maximum absolute atomic E-state index is 13.5. The molecule has 164 valence electrons. The van der Waals surface area contributed by atoms with Crippen LogP contribution in [0.5, 0.6) is 0 Å². The number of likely N-dealkylation sites (tertiary alicyclic amines) is 1. The van der Waals surface area contributed by atoms with E-state index < -0.39 is 5.60 Å². The van der Waals surface area contributed by atoms with Crippen molar-refractivity contribution in [3.63, 3.8) is 0 Å². The third-order valence-corrected chi connectivity index (χ3v) is 6.68. The lowest BCUT2D eigenvalue weighted by molar-refractivity contribution is -0.160. The number of nitrogens with one attached hydrogen (secondary N) is 1. The highest BCUT2D eigenvalue weighted by atomic mass is 35.5. The number of piperidine rings is 2. The van der Waals surface area contributed by atoms with Gasteiger partial charge in [-0.05, 0) is 57.2 Å². The highest BCUT2D eigenvalue weighted by Gasteiger charge is 2.49. The van der Waals surface area contributed by atoms with Crippen LogP contribution in [0.1, 0.15) is 43.4 Å². The number of aryl methyl sites for hydroxylation is 1. The number of aromatic nitrogens is 2. The number of methoxy groups -OCH3 is 1. The quantitative estimate of drug-likeness (QED) is 0.766. The van der Waals surface area contributed by atoms with Crippen LogP contribution in [-0.4, -0.2) is 73.8 Å². The standard InChI is InChI=1S/C20H31N5O2.2ClH/c1-24(2)18-22-13-15-5-7-19(16(15)23-18)6-4-12-25(14-19)17(26)20(27-3)8-10-21-11-9-20;;/h13,21H,4-12,14H2,1-3H3;2*1H. The Balaban J connectivity index is 0.00000150. The molecule has 0 aromatic carbocycles.